The molecule has 10 heteroatoms. The van der Waals surface area contributed by atoms with Crippen LogP contribution in [-0.4, -0.2) is 74.9 Å². The molecule has 3 atom stereocenters. The van der Waals surface area contributed by atoms with Crippen molar-refractivity contribution >= 4 is 29.5 Å². The van der Waals surface area contributed by atoms with Gasteiger partial charge < -0.3 is 35.2 Å². The number of fused-ring (bicyclic) bond motifs is 2. The zero-order chi connectivity index (χ0) is 22.9. The molecule has 0 saturated carbocycles. The van der Waals surface area contributed by atoms with Gasteiger partial charge in [-0.3, -0.25) is 4.79 Å². The van der Waals surface area contributed by atoms with Crippen molar-refractivity contribution in [2.45, 2.75) is 39.1 Å². The lowest BCUT2D eigenvalue weighted by molar-refractivity contribution is -0.0726. The summed E-state index contributed by atoms with van der Waals surface area (Å²) in [6.07, 6.45) is -4.54. The van der Waals surface area contributed by atoms with E-state index < -0.39 is 30.5 Å². The molecule has 0 bridgehead atoms. The Hall–Kier alpha value is -2.79. The third-order valence-electron chi connectivity index (χ3n) is 5.45. The van der Waals surface area contributed by atoms with E-state index in [0.29, 0.717) is 11.4 Å². The molecule has 0 saturated heterocycles. The van der Waals surface area contributed by atoms with E-state index in [1.807, 2.05) is 32.9 Å². The minimum absolute atomic E-state index is 0.0688. The molecule has 5 N–H and O–H groups in total. The van der Waals surface area contributed by atoms with Gasteiger partial charge in [-0.25, -0.2) is 9.98 Å². The highest BCUT2D eigenvalue weighted by Crippen LogP contribution is 2.39. The van der Waals surface area contributed by atoms with E-state index in [4.69, 9.17) is 5.11 Å². The lowest BCUT2D eigenvalue weighted by Crippen LogP contribution is -2.48. The van der Waals surface area contributed by atoms with Crippen molar-refractivity contribution in [3.05, 3.63) is 38.9 Å². The SMILES string of the molecule is C=c1nc2c(c(=O)[nH]1)=Nc1cc(C)c(N(CC)CC)cc1N2C[C@H](O)[C@H](O)[C@H](O)CO. The monoisotopic (exact) mass is 431 g/mol. The number of aromatic amines is 1. The van der Waals surface area contributed by atoms with Crippen molar-refractivity contribution in [3.63, 3.8) is 0 Å². The molecule has 10 nitrogen and oxygen atoms in total. The van der Waals surface area contributed by atoms with Crippen LogP contribution in [0.2, 0.25) is 0 Å². The van der Waals surface area contributed by atoms with Gasteiger partial charge in [0.15, 0.2) is 11.2 Å². The van der Waals surface area contributed by atoms with Crippen LogP contribution < -0.4 is 26.2 Å². The van der Waals surface area contributed by atoms with Crippen LogP contribution in [-0.2, 0) is 0 Å². The van der Waals surface area contributed by atoms with E-state index in [1.54, 1.807) is 4.90 Å². The van der Waals surface area contributed by atoms with E-state index in [9.17, 15) is 20.1 Å². The first-order chi connectivity index (χ1) is 14.7. The summed E-state index contributed by atoms with van der Waals surface area (Å²) in [5.74, 6) is 0.195. The van der Waals surface area contributed by atoms with Crippen molar-refractivity contribution in [3.8, 4) is 0 Å². The number of H-pyrrole nitrogens is 1. The molecule has 31 heavy (non-hydrogen) atoms. The van der Waals surface area contributed by atoms with Gasteiger partial charge in [-0.15, -0.1) is 0 Å². The number of hydrogen-bond donors (Lipinski definition) is 5. The Morgan fingerprint density at radius 1 is 1.19 bits per heavy atom. The minimum Gasteiger partial charge on any atom is -0.394 e. The first kappa shape index (κ1) is 22.9. The second-order valence-electron chi connectivity index (χ2n) is 7.51. The molecule has 1 aromatic carbocycles. The maximum Gasteiger partial charge on any atom is 0.279 e. The zero-order valence-electron chi connectivity index (χ0n) is 17.9. The van der Waals surface area contributed by atoms with Crippen LogP contribution in [0.5, 0.6) is 0 Å². The molecule has 2 aromatic rings. The number of rotatable bonds is 8. The average Bonchev–Trinajstić information content (AvgIpc) is 2.74. The number of hydrogen-bond acceptors (Lipinski definition) is 9. The van der Waals surface area contributed by atoms with Crippen molar-refractivity contribution in [2.75, 3.05) is 36.0 Å². The Balaban J connectivity index is 2.20. The maximum absolute atomic E-state index is 12.5. The molecule has 168 valence electrons. The predicted molar refractivity (Wildman–Crippen MR) is 118 cm³/mol. The summed E-state index contributed by atoms with van der Waals surface area (Å²) in [7, 11) is 0. The lowest BCUT2D eigenvalue weighted by Gasteiger charge is -2.33. The number of aliphatic hydroxyl groups is 4. The molecule has 0 aliphatic carbocycles. The van der Waals surface area contributed by atoms with Gasteiger partial charge in [0.25, 0.3) is 5.56 Å². The van der Waals surface area contributed by atoms with Crippen LogP contribution in [0.25, 0.3) is 6.58 Å². The predicted octanol–water partition coefficient (Wildman–Crippen LogP) is -1.19. The Morgan fingerprint density at radius 2 is 1.87 bits per heavy atom. The third kappa shape index (κ3) is 4.33. The van der Waals surface area contributed by atoms with E-state index in [2.05, 4.69) is 26.4 Å². The third-order valence-corrected chi connectivity index (χ3v) is 5.45. The highest BCUT2D eigenvalue weighted by molar-refractivity contribution is 5.81. The summed E-state index contributed by atoms with van der Waals surface area (Å²) in [5.41, 5.74) is 2.73. The number of aryl methyl sites for hydroxylation is 1. The number of nitrogens with zero attached hydrogens (tertiary/aromatic N) is 4. The van der Waals surface area contributed by atoms with Gasteiger partial charge in [-0.1, -0.05) is 6.58 Å². The molecule has 0 unspecified atom stereocenters. The summed E-state index contributed by atoms with van der Waals surface area (Å²) in [6.45, 7) is 10.4. The molecule has 0 radical (unpaired) electrons. The number of anilines is 3. The van der Waals surface area contributed by atoms with Gasteiger partial charge in [0.1, 0.15) is 23.8 Å². The summed E-state index contributed by atoms with van der Waals surface area (Å²) < 4.78 is 0. The molecule has 1 aliphatic rings. The Labute approximate surface area is 179 Å². The topological polar surface area (TPSA) is 146 Å². The van der Waals surface area contributed by atoms with Crippen LogP contribution in [0, 0.1) is 6.92 Å². The molecule has 0 amide bonds. The second kappa shape index (κ2) is 9.15. The molecular weight excluding hydrogens is 402 g/mol. The Bertz CT molecular complexity index is 1110. The summed E-state index contributed by atoms with van der Waals surface area (Å²) >= 11 is 0. The van der Waals surface area contributed by atoms with E-state index >= 15 is 0 Å². The number of β-amino-alcohol motifs (C(OH)–C–C–N with tert-alkyl or cyclic N) is 1. The Morgan fingerprint density at radius 3 is 2.48 bits per heavy atom. The Kier molecular flexibility index (Phi) is 6.75. The summed E-state index contributed by atoms with van der Waals surface area (Å²) in [6, 6.07) is 3.78. The van der Waals surface area contributed by atoms with Gasteiger partial charge in [0, 0.05) is 18.8 Å². The fourth-order valence-electron chi connectivity index (χ4n) is 3.75. The maximum atomic E-state index is 12.5. The van der Waals surface area contributed by atoms with Gasteiger partial charge >= 0.3 is 0 Å². The first-order valence-corrected chi connectivity index (χ1v) is 10.2. The van der Waals surface area contributed by atoms with Crippen molar-refractivity contribution in [2.24, 2.45) is 4.99 Å². The van der Waals surface area contributed by atoms with Crippen molar-refractivity contribution in [1.82, 2.24) is 9.97 Å². The number of aromatic nitrogens is 2. The van der Waals surface area contributed by atoms with Gasteiger partial charge in [0.2, 0.25) is 0 Å². The van der Waals surface area contributed by atoms with Gasteiger partial charge in [0.05, 0.1) is 24.5 Å². The standard InChI is InChI=1S/C21H29N5O5/c1-5-25(6-2)14-8-15-13(7-11(14)3)24-18-20(22-12(4)23-21(18)31)26(15)9-16(28)19(30)17(29)10-27/h7-8,16-17,19,27-30H,4-6,9-10H2,1-3H3,(H,23,31)/t16-,17+,19-/m0/s1. The molecular formula is C21H29N5O5. The zero-order valence-corrected chi connectivity index (χ0v) is 17.9. The van der Waals surface area contributed by atoms with E-state index in [-0.39, 0.29) is 23.2 Å². The second-order valence-corrected chi connectivity index (χ2v) is 7.51. The van der Waals surface area contributed by atoms with Crippen LogP contribution in [0.1, 0.15) is 19.4 Å². The fourth-order valence-corrected chi connectivity index (χ4v) is 3.75. The quantitative estimate of drug-likeness (QED) is 0.351. The van der Waals surface area contributed by atoms with Crippen molar-refractivity contribution in [1.29, 1.82) is 0 Å². The number of aliphatic hydroxyl groups excluding tert-OH is 4. The lowest BCUT2D eigenvalue weighted by atomic mass is 10.0. The van der Waals surface area contributed by atoms with Crippen LogP contribution in [0.4, 0.5) is 22.9 Å². The molecule has 2 heterocycles. The first-order valence-electron chi connectivity index (χ1n) is 10.2. The highest BCUT2D eigenvalue weighted by Gasteiger charge is 2.31. The van der Waals surface area contributed by atoms with Crippen LogP contribution in [0.3, 0.4) is 0 Å². The smallest absolute Gasteiger partial charge is 0.279 e. The van der Waals surface area contributed by atoms with Gasteiger partial charge in [-0.05, 0) is 38.5 Å². The molecule has 3 rings (SSSR count). The van der Waals surface area contributed by atoms with Gasteiger partial charge in [-0.2, -0.15) is 0 Å². The van der Waals surface area contributed by atoms with Crippen LogP contribution >= 0.6 is 0 Å². The van der Waals surface area contributed by atoms with E-state index in [1.165, 1.54) is 0 Å². The summed E-state index contributed by atoms with van der Waals surface area (Å²) in [4.78, 5) is 27.6. The molecule has 0 fully saturated rings. The largest absolute Gasteiger partial charge is 0.394 e. The molecule has 1 aromatic heterocycles. The average molecular weight is 431 g/mol. The van der Waals surface area contributed by atoms with E-state index in [0.717, 1.165) is 24.3 Å². The van der Waals surface area contributed by atoms with Crippen LogP contribution in [0.15, 0.2) is 21.9 Å². The fraction of sp³-hybridized carbons (Fsp3) is 0.476. The van der Waals surface area contributed by atoms with Crippen molar-refractivity contribution < 1.29 is 20.4 Å². The minimum atomic E-state index is -1.59. The molecule has 0 spiro atoms. The highest BCUT2D eigenvalue weighted by atomic mass is 16.4. The number of nitrogens with one attached hydrogen (secondary N) is 1. The number of benzene rings is 1. The summed E-state index contributed by atoms with van der Waals surface area (Å²) in [5, 5.41) is 39.6. The molecule has 1 aliphatic heterocycles. The normalized spacial score (nSPS) is 15.5.